The van der Waals surface area contributed by atoms with Gasteiger partial charge in [0.2, 0.25) is 11.9 Å². The molecule has 2 aliphatic rings. The van der Waals surface area contributed by atoms with Crippen molar-refractivity contribution >= 4 is 11.9 Å². The third kappa shape index (κ3) is 2.99. The van der Waals surface area contributed by atoms with Gasteiger partial charge in [0.1, 0.15) is 0 Å². The largest absolute Gasteiger partial charge is 0.341 e. The van der Waals surface area contributed by atoms with Crippen molar-refractivity contribution in [3.05, 3.63) is 18.2 Å². The number of likely N-dealkylation sites (N-methyl/N-ethyl adjacent to an activating group) is 1. The Morgan fingerprint density at radius 2 is 2.00 bits per heavy atom. The number of hydrogen-bond acceptors (Lipinski definition) is 4. The predicted molar refractivity (Wildman–Crippen MR) is 77.3 cm³/mol. The topological polar surface area (TPSA) is 49.3 Å². The number of aromatic nitrogens is 2. The quantitative estimate of drug-likeness (QED) is 0.853. The van der Waals surface area contributed by atoms with Crippen LogP contribution in [-0.4, -0.2) is 47.0 Å². The number of carbonyl (C=O) groups excluding carboxylic acids is 1. The lowest BCUT2D eigenvalue weighted by Crippen LogP contribution is -2.51. The summed E-state index contributed by atoms with van der Waals surface area (Å²) >= 11 is 0. The first kappa shape index (κ1) is 14.2. The predicted octanol–water partition coefficient (Wildman–Crippen LogP) is 1.84. The highest BCUT2D eigenvalue weighted by Crippen LogP contribution is 2.29. The van der Waals surface area contributed by atoms with E-state index >= 15 is 0 Å². The molecule has 1 aliphatic heterocycles. The van der Waals surface area contributed by atoms with Crippen LogP contribution in [0.15, 0.2) is 12.4 Å². The Hall–Kier alpha value is -1.72. The van der Waals surface area contributed by atoms with Crippen molar-refractivity contribution < 1.29 is 9.18 Å². The second-order valence-electron chi connectivity index (χ2n) is 6.02. The molecule has 1 saturated heterocycles. The van der Waals surface area contributed by atoms with Gasteiger partial charge in [0.15, 0.2) is 5.82 Å². The van der Waals surface area contributed by atoms with Crippen LogP contribution in [0, 0.1) is 11.7 Å². The number of carbonyl (C=O) groups is 1. The molecule has 5 nitrogen and oxygen atoms in total. The Kier molecular flexibility index (Phi) is 4.03. The van der Waals surface area contributed by atoms with Crippen LogP contribution in [0.25, 0.3) is 0 Å². The zero-order chi connectivity index (χ0) is 14.8. The summed E-state index contributed by atoms with van der Waals surface area (Å²) in [5, 5.41) is 0. The van der Waals surface area contributed by atoms with Crippen LogP contribution in [0.3, 0.4) is 0 Å². The number of nitrogens with zero attached hydrogens (tertiary/aromatic N) is 4. The van der Waals surface area contributed by atoms with E-state index in [1.165, 1.54) is 18.8 Å². The molecular formula is C15H21FN4O. The molecule has 1 aliphatic carbocycles. The van der Waals surface area contributed by atoms with Crippen LogP contribution in [0.4, 0.5) is 10.3 Å². The van der Waals surface area contributed by atoms with Gasteiger partial charge in [0.25, 0.3) is 0 Å². The Labute approximate surface area is 124 Å². The Balaban J connectivity index is 1.64. The number of anilines is 1. The fourth-order valence-corrected chi connectivity index (χ4v) is 3.04. The third-order valence-electron chi connectivity index (χ3n) is 4.64. The minimum Gasteiger partial charge on any atom is -0.341 e. The standard InChI is InChI=1S/C15H21FN4O/c1-19(14(21)11-4-2-5-11)13-6-3-7-20(10-13)15-17-8-12(16)9-18-15/h8-9,11,13H,2-7,10H2,1H3. The van der Waals surface area contributed by atoms with Gasteiger partial charge < -0.3 is 9.80 Å². The number of halogens is 1. The van der Waals surface area contributed by atoms with Crippen LogP contribution in [-0.2, 0) is 4.79 Å². The Morgan fingerprint density at radius 1 is 1.29 bits per heavy atom. The summed E-state index contributed by atoms with van der Waals surface area (Å²) in [5.74, 6) is 0.621. The maximum Gasteiger partial charge on any atom is 0.225 e. The van der Waals surface area contributed by atoms with Gasteiger partial charge in [-0.3, -0.25) is 4.79 Å². The fraction of sp³-hybridized carbons (Fsp3) is 0.667. The molecule has 1 saturated carbocycles. The second-order valence-corrected chi connectivity index (χ2v) is 6.02. The summed E-state index contributed by atoms with van der Waals surface area (Å²) in [6.07, 6.45) is 7.61. The molecule has 1 aromatic heterocycles. The maximum atomic E-state index is 12.9. The van der Waals surface area contributed by atoms with Gasteiger partial charge in [-0.1, -0.05) is 6.42 Å². The number of amides is 1. The molecular weight excluding hydrogens is 271 g/mol. The molecule has 1 amide bonds. The zero-order valence-corrected chi connectivity index (χ0v) is 12.3. The molecule has 1 unspecified atom stereocenters. The molecule has 2 heterocycles. The minimum absolute atomic E-state index is 0.195. The summed E-state index contributed by atoms with van der Waals surface area (Å²) in [6, 6.07) is 0.195. The number of piperidine rings is 1. The van der Waals surface area contributed by atoms with E-state index in [2.05, 4.69) is 9.97 Å². The van der Waals surface area contributed by atoms with Crippen molar-refractivity contribution in [3.63, 3.8) is 0 Å². The molecule has 0 aromatic carbocycles. The van der Waals surface area contributed by atoms with Crippen molar-refractivity contribution in [2.45, 2.75) is 38.1 Å². The summed E-state index contributed by atoms with van der Waals surface area (Å²) < 4.78 is 12.9. The van der Waals surface area contributed by atoms with Gasteiger partial charge >= 0.3 is 0 Å². The smallest absolute Gasteiger partial charge is 0.225 e. The average Bonchev–Trinajstić information content (AvgIpc) is 2.45. The van der Waals surface area contributed by atoms with E-state index in [1.807, 2.05) is 16.8 Å². The molecule has 0 bridgehead atoms. The highest BCUT2D eigenvalue weighted by atomic mass is 19.1. The van der Waals surface area contributed by atoms with Crippen LogP contribution in [0.5, 0.6) is 0 Å². The number of hydrogen-bond donors (Lipinski definition) is 0. The van der Waals surface area contributed by atoms with Crippen LogP contribution in [0.1, 0.15) is 32.1 Å². The first-order valence-electron chi connectivity index (χ1n) is 7.64. The van der Waals surface area contributed by atoms with Crippen LogP contribution in [0.2, 0.25) is 0 Å². The molecule has 0 N–H and O–H groups in total. The van der Waals surface area contributed by atoms with E-state index in [4.69, 9.17) is 0 Å². The van der Waals surface area contributed by atoms with Gasteiger partial charge in [-0.05, 0) is 25.7 Å². The molecule has 3 rings (SSSR count). The van der Waals surface area contributed by atoms with Crippen molar-refractivity contribution in [2.75, 3.05) is 25.0 Å². The van der Waals surface area contributed by atoms with Gasteiger partial charge in [-0.25, -0.2) is 14.4 Å². The SMILES string of the molecule is CN(C(=O)C1CCC1)C1CCCN(c2ncc(F)cn2)C1. The first-order chi connectivity index (χ1) is 10.1. The minimum atomic E-state index is -0.426. The molecule has 1 aromatic rings. The monoisotopic (exact) mass is 292 g/mol. The van der Waals surface area contributed by atoms with Gasteiger partial charge in [-0.2, -0.15) is 0 Å². The van der Waals surface area contributed by atoms with Crippen molar-refractivity contribution in [2.24, 2.45) is 5.92 Å². The van der Waals surface area contributed by atoms with Gasteiger partial charge in [0.05, 0.1) is 12.4 Å². The highest BCUT2D eigenvalue weighted by Gasteiger charge is 2.33. The second kappa shape index (κ2) is 5.95. The molecule has 21 heavy (non-hydrogen) atoms. The number of rotatable bonds is 3. The van der Waals surface area contributed by atoms with E-state index in [1.54, 1.807) is 0 Å². The Bertz CT molecular complexity index is 503. The van der Waals surface area contributed by atoms with Gasteiger partial charge in [0, 0.05) is 32.1 Å². The summed E-state index contributed by atoms with van der Waals surface area (Å²) in [6.45, 7) is 1.58. The van der Waals surface area contributed by atoms with Gasteiger partial charge in [-0.15, -0.1) is 0 Å². The van der Waals surface area contributed by atoms with E-state index in [9.17, 15) is 9.18 Å². The highest BCUT2D eigenvalue weighted by molar-refractivity contribution is 5.79. The lowest BCUT2D eigenvalue weighted by Gasteiger charge is -2.40. The summed E-state index contributed by atoms with van der Waals surface area (Å²) in [4.78, 5) is 24.4. The van der Waals surface area contributed by atoms with E-state index in [-0.39, 0.29) is 17.9 Å². The lowest BCUT2D eigenvalue weighted by molar-refractivity contribution is -0.139. The van der Waals surface area contributed by atoms with E-state index < -0.39 is 5.82 Å². The summed E-state index contributed by atoms with van der Waals surface area (Å²) in [5.41, 5.74) is 0. The van der Waals surface area contributed by atoms with Crippen molar-refractivity contribution in [1.29, 1.82) is 0 Å². The third-order valence-corrected chi connectivity index (χ3v) is 4.64. The van der Waals surface area contributed by atoms with Crippen molar-refractivity contribution in [3.8, 4) is 0 Å². The maximum absolute atomic E-state index is 12.9. The van der Waals surface area contributed by atoms with E-state index in [0.717, 1.165) is 38.8 Å². The van der Waals surface area contributed by atoms with Crippen LogP contribution >= 0.6 is 0 Å². The molecule has 2 fully saturated rings. The van der Waals surface area contributed by atoms with E-state index in [0.29, 0.717) is 5.95 Å². The molecule has 6 heteroatoms. The Morgan fingerprint density at radius 3 is 2.62 bits per heavy atom. The molecule has 1 atom stereocenters. The fourth-order valence-electron chi connectivity index (χ4n) is 3.04. The van der Waals surface area contributed by atoms with Crippen LogP contribution < -0.4 is 4.90 Å². The average molecular weight is 292 g/mol. The molecule has 114 valence electrons. The summed E-state index contributed by atoms with van der Waals surface area (Å²) in [7, 11) is 1.90. The lowest BCUT2D eigenvalue weighted by atomic mass is 9.84. The zero-order valence-electron chi connectivity index (χ0n) is 12.3. The first-order valence-corrected chi connectivity index (χ1v) is 7.64. The molecule has 0 radical (unpaired) electrons. The van der Waals surface area contributed by atoms with Crippen molar-refractivity contribution in [1.82, 2.24) is 14.9 Å². The normalized spacial score (nSPS) is 22.8. The molecule has 0 spiro atoms.